The van der Waals surface area contributed by atoms with Gasteiger partial charge in [-0.15, -0.1) is 0 Å². The summed E-state index contributed by atoms with van der Waals surface area (Å²) < 4.78 is 0. The summed E-state index contributed by atoms with van der Waals surface area (Å²) in [6.07, 6.45) is 11.7. The highest BCUT2D eigenvalue weighted by atomic mass is 16.2. The van der Waals surface area contributed by atoms with E-state index in [9.17, 15) is 4.79 Å². The number of hydrogen-bond donors (Lipinski definition) is 2. The first-order chi connectivity index (χ1) is 12.6. The molecule has 4 unspecified atom stereocenters. The molecule has 3 N–H and O–H groups in total. The van der Waals surface area contributed by atoms with Gasteiger partial charge in [0.15, 0.2) is 0 Å². The number of fused-ring (bicyclic) bond motifs is 1. The van der Waals surface area contributed by atoms with E-state index < -0.39 is 0 Å². The minimum atomic E-state index is 0.0369. The molecule has 1 amide bonds. The topological polar surface area (TPSA) is 58.1 Å². The average Bonchev–Trinajstić information content (AvgIpc) is 3.43. The highest BCUT2D eigenvalue weighted by Gasteiger charge is 2.92. The maximum absolute atomic E-state index is 13.4. The number of piperidine rings is 3. The predicted octanol–water partition coefficient (Wildman–Crippen LogP) is 2.85. The lowest BCUT2D eigenvalue weighted by Gasteiger charge is -2.30. The van der Waals surface area contributed by atoms with Crippen molar-refractivity contribution in [2.45, 2.75) is 64.0 Å². The molecule has 0 aromatic carbocycles. The van der Waals surface area contributed by atoms with Crippen LogP contribution in [0.4, 0.5) is 0 Å². The van der Waals surface area contributed by atoms with E-state index in [0.717, 1.165) is 44.1 Å². The van der Waals surface area contributed by atoms with Crippen molar-refractivity contribution in [2.75, 3.05) is 19.6 Å². The Morgan fingerprint density at radius 3 is 2.65 bits per heavy atom. The Morgan fingerprint density at radius 2 is 2.12 bits per heavy atom. The first-order valence-corrected chi connectivity index (χ1v) is 10.7. The lowest BCUT2D eigenvalue weighted by atomic mass is 9.79. The molecular formula is C22H35N3O. The standard InChI is InChI=1S/C22H35N3O/c1-4-7-15(8-5-2)16(10-11-23)17(9-6-3)20(26)24-22-14-25-13-21(25)12-18(22)19(21)22/h4,7-8,16-19H,5-6,9-14,23H2,1-3H3,(H,24,26)/b7-4-,15-8+/t16?,17?,18?,19-,21-,22-,25?/m1/s1. The van der Waals surface area contributed by atoms with Crippen molar-refractivity contribution in [3.8, 4) is 0 Å². The van der Waals surface area contributed by atoms with Crippen LogP contribution in [-0.4, -0.2) is 41.5 Å². The van der Waals surface area contributed by atoms with Crippen LogP contribution < -0.4 is 11.1 Å². The predicted molar refractivity (Wildman–Crippen MR) is 106 cm³/mol. The molecule has 2 aliphatic heterocycles. The second-order valence-corrected chi connectivity index (χ2v) is 8.97. The van der Waals surface area contributed by atoms with E-state index in [1.807, 2.05) is 0 Å². The highest BCUT2D eigenvalue weighted by Crippen LogP contribution is 2.81. The van der Waals surface area contributed by atoms with Gasteiger partial charge in [0, 0.05) is 30.5 Å². The van der Waals surface area contributed by atoms with E-state index in [4.69, 9.17) is 5.73 Å². The van der Waals surface area contributed by atoms with Gasteiger partial charge in [-0.2, -0.15) is 0 Å². The molecule has 0 bridgehead atoms. The molecule has 2 heterocycles. The van der Waals surface area contributed by atoms with Crippen molar-refractivity contribution in [3.63, 3.8) is 0 Å². The van der Waals surface area contributed by atoms with Crippen molar-refractivity contribution in [2.24, 2.45) is 29.4 Å². The van der Waals surface area contributed by atoms with Gasteiger partial charge in [-0.1, -0.05) is 38.5 Å². The van der Waals surface area contributed by atoms with Gasteiger partial charge in [0.05, 0.1) is 5.54 Å². The van der Waals surface area contributed by atoms with Crippen LogP contribution in [0.3, 0.4) is 0 Å². The van der Waals surface area contributed by atoms with Gasteiger partial charge in [0.1, 0.15) is 0 Å². The van der Waals surface area contributed by atoms with Crippen LogP contribution in [0.5, 0.6) is 0 Å². The molecule has 144 valence electrons. The summed E-state index contributed by atoms with van der Waals surface area (Å²) in [5.74, 6) is 2.07. The van der Waals surface area contributed by atoms with Crippen LogP contribution in [0.15, 0.2) is 23.8 Å². The number of carbonyl (C=O) groups is 1. The van der Waals surface area contributed by atoms with Crippen LogP contribution in [0, 0.1) is 23.7 Å². The molecule has 4 rings (SSSR count). The number of rotatable bonds is 10. The Labute approximate surface area is 158 Å². The van der Waals surface area contributed by atoms with Crippen LogP contribution in [0.2, 0.25) is 0 Å². The molecule has 7 atom stereocenters. The van der Waals surface area contributed by atoms with Gasteiger partial charge in [0.25, 0.3) is 0 Å². The second-order valence-electron chi connectivity index (χ2n) is 8.97. The summed E-state index contributed by atoms with van der Waals surface area (Å²) >= 11 is 0. The maximum Gasteiger partial charge on any atom is 0.224 e. The third kappa shape index (κ3) is 2.45. The Balaban J connectivity index is 1.51. The molecule has 0 radical (unpaired) electrons. The Morgan fingerprint density at radius 1 is 1.31 bits per heavy atom. The summed E-state index contributed by atoms with van der Waals surface area (Å²) in [5, 5.41) is 3.57. The monoisotopic (exact) mass is 357 g/mol. The van der Waals surface area contributed by atoms with Crippen LogP contribution in [-0.2, 0) is 4.79 Å². The average molecular weight is 358 g/mol. The fourth-order valence-corrected chi connectivity index (χ4v) is 6.46. The van der Waals surface area contributed by atoms with Crippen molar-refractivity contribution in [1.82, 2.24) is 10.2 Å². The molecule has 0 aromatic heterocycles. The number of allylic oxidation sites excluding steroid dienone is 4. The fourth-order valence-electron chi connectivity index (χ4n) is 6.46. The fraction of sp³-hybridized carbons (Fsp3) is 0.773. The minimum Gasteiger partial charge on any atom is -0.348 e. The van der Waals surface area contributed by atoms with Gasteiger partial charge in [-0.05, 0) is 56.6 Å². The first-order valence-electron chi connectivity index (χ1n) is 10.7. The summed E-state index contributed by atoms with van der Waals surface area (Å²) in [6.45, 7) is 9.41. The number of hydrogen-bond acceptors (Lipinski definition) is 3. The summed E-state index contributed by atoms with van der Waals surface area (Å²) in [7, 11) is 0. The number of nitrogens with two attached hydrogens (primary N) is 1. The quantitative estimate of drug-likeness (QED) is 0.467. The van der Waals surface area contributed by atoms with E-state index in [1.165, 1.54) is 18.5 Å². The highest BCUT2D eigenvalue weighted by molar-refractivity contribution is 5.82. The van der Waals surface area contributed by atoms with E-state index in [2.05, 4.69) is 49.2 Å². The molecule has 4 aliphatic rings. The lowest BCUT2D eigenvalue weighted by Crippen LogP contribution is -2.47. The molecule has 4 heteroatoms. The van der Waals surface area contributed by atoms with Gasteiger partial charge in [-0.3, -0.25) is 9.69 Å². The summed E-state index contributed by atoms with van der Waals surface area (Å²) in [5.41, 5.74) is 7.89. The third-order valence-electron chi connectivity index (χ3n) is 7.59. The van der Waals surface area contributed by atoms with Gasteiger partial charge in [0.2, 0.25) is 5.91 Å². The van der Waals surface area contributed by atoms with Crippen molar-refractivity contribution < 1.29 is 4.79 Å². The Hall–Kier alpha value is -1.13. The van der Waals surface area contributed by atoms with E-state index in [-0.39, 0.29) is 23.3 Å². The van der Waals surface area contributed by atoms with E-state index in [0.29, 0.717) is 12.1 Å². The number of carbonyl (C=O) groups excluding carboxylic acids is 1. The Bertz CT molecular complexity index is 641. The number of nitrogens with zero attached hydrogens (tertiary/aromatic N) is 1. The minimum absolute atomic E-state index is 0.0369. The van der Waals surface area contributed by atoms with Crippen molar-refractivity contribution in [1.29, 1.82) is 0 Å². The molecule has 4 fully saturated rings. The van der Waals surface area contributed by atoms with Gasteiger partial charge in [-0.25, -0.2) is 0 Å². The molecule has 1 spiro atoms. The molecule has 0 aromatic rings. The van der Waals surface area contributed by atoms with Gasteiger partial charge < -0.3 is 11.1 Å². The summed E-state index contributed by atoms with van der Waals surface area (Å²) in [4.78, 5) is 16.0. The lowest BCUT2D eigenvalue weighted by molar-refractivity contribution is -0.127. The SMILES string of the molecule is C/C=C\C(=C/CC)C(CCN)C(CCC)C(=O)N[C@]12CN3C[C@@]34CC1[C@H]42. The Kier molecular flexibility index (Phi) is 4.55. The van der Waals surface area contributed by atoms with Crippen molar-refractivity contribution in [3.05, 3.63) is 23.8 Å². The summed E-state index contributed by atoms with van der Waals surface area (Å²) in [6, 6.07) is 0. The molecule has 4 nitrogen and oxygen atoms in total. The largest absolute Gasteiger partial charge is 0.348 e. The molecule has 2 saturated carbocycles. The zero-order chi connectivity index (χ0) is 18.5. The second kappa shape index (κ2) is 6.49. The molecule has 2 aliphatic carbocycles. The van der Waals surface area contributed by atoms with Gasteiger partial charge >= 0.3 is 0 Å². The maximum atomic E-state index is 13.4. The van der Waals surface area contributed by atoms with Crippen LogP contribution >= 0.6 is 0 Å². The molecule has 2 saturated heterocycles. The number of amides is 1. The zero-order valence-electron chi connectivity index (χ0n) is 16.6. The normalized spacial score (nSPS) is 41.2. The van der Waals surface area contributed by atoms with E-state index in [1.54, 1.807) is 0 Å². The molecular weight excluding hydrogens is 322 g/mol. The van der Waals surface area contributed by atoms with E-state index >= 15 is 0 Å². The van der Waals surface area contributed by atoms with Crippen LogP contribution in [0.25, 0.3) is 0 Å². The molecule has 26 heavy (non-hydrogen) atoms. The first kappa shape index (κ1) is 18.2. The third-order valence-corrected chi connectivity index (χ3v) is 7.59. The van der Waals surface area contributed by atoms with Crippen molar-refractivity contribution >= 4 is 5.91 Å². The zero-order valence-corrected chi connectivity index (χ0v) is 16.6. The van der Waals surface area contributed by atoms with Crippen LogP contribution in [0.1, 0.15) is 52.9 Å². The number of nitrogens with one attached hydrogen (secondary N) is 1. The smallest absolute Gasteiger partial charge is 0.224 e.